The van der Waals surface area contributed by atoms with Gasteiger partial charge in [-0.15, -0.1) is 0 Å². The lowest BCUT2D eigenvalue weighted by Gasteiger charge is -2.25. The summed E-state index contributed by atoms with van der Waals surface area (Å²) in [5, 5.41) is 0.270. The maximum absolute atomic E-state index is 13.9. The van der Waals surface area contributed by atoms with Crippen molar-refractivity contribution in [3.63, 3.8) is 0 Å². The molecule has 0 N–H and O–H groups in total. The fraction of sp³-hybridized carbons (Fsp3) is 0.286. The first kappa shape index (κ1) is 19.2. The fourth-order valence-electron chi connectivity index (χ4n) is 3.37. The summed E-state index contributed by atoms with van der Waals surface area (Å²) in [4.78, 5) is 14.5. The number of rotatable bonds is 5. The summed E-state index contributed by atoms with van der Waals surface area (Å²) >= 11 is 6.02. The van der Waals surface area contributed by atoms with Crippen LogP contribution in [0.1, 0.15) is 30.0 Å². The van der Waals surface area contributed by atoms with E-state index >= 15 is 0 Å². The zero-order valence-electron chi connectivity index (χ0n) is 15.2. The second-order valence-corrected chi connectivity index (χ2v) is 6.67. The van der Waals surface area contributed by atoms with Crippen LogP contribution in [0.25, 0.3) is 6.08 Å². The van der Waals surface area contributed by atoms with Crippen LogP contribution in [-0.4, -0.2) is 31.6 Å². The first-order valence-electron chi connectivity index (χ1n) is 8.69. The van der Waals surface area contributed by atoms with Crippen molar-refractivity contribution in [3.05, 3.63) is 64.4 Å². The minimum absolute atomic E-state index is 0.122. The highest BCUT2D eigenvalue weighted by atomic mass is 35.5. The molecule has 2 aromatic rings. The Morgan fingerprint density at radius 2 is 2.07 bits per heavy atom. The maximum atomic E-state index is 13.9. The van der Waals surface area contributed by atoms with Gasteiger partial charge in [0.2, 0.25) is 5.91 Å². The van der Waals surface area contributed by atoms with Crippen molar-refractivity contribution in [2.75, 3.05) is 20.8 Å². The molecule has 0 bridgehead atoms. The van der Waals surface area contributed by atoms with Crippen LogP contribution in [0.5, 0.6) is 11.5 Å². The summed E-state index contributed by atoms with van der Waals surface area (Å²) in [6.07, 6.45) is 4.50. The van der Waals surface area contributed by atoms with Crippen LogP contribution < -0.4 is 9.47 Å². The molecule has 0 saturated carbocycles. The number of halogens is 2. The Morgan fingerprint density at radius 1 is 1.26 bits per heavy atom. The van der Waals surface area contributed by atoms with Gasteiger partial charge in [-0.1, -0.05) is 17.7 Å². The molecule has 1 aliphatic rings. The topological polar surface area (TPSA) is 38.8 Å². The van der Waals surface area contributed by atoms with Crippen LogP contribution >= 0.6 is 11.6 Å². The van der Waals surface area contributed by atoms with Gasteiger partial charge < -0.3 is 14.4 Å². The van der Waals surface area contributed by atoms with Gasteiger partial charge >= 0.3 is 0 Å². The van der Waals surface area contributed by atoms with E-state index in [0.717, 1.165) is 18.4 Å². The molecule has 0 spiro atoms. The van der Waals surface area contributed by atoms with Gasteiger partial charge in [0.15, 0.2) is 0 Å². The van der Waals surface area contributed by atoms with Gasteiger partial charge in [-0.3, -0.25) is 4.79 Å². The molecule has 142 valence electrons. The number of carbonyl (C=O) groups excluding carboxylic acids is 1. The Balaban J connectivity index is 1.86. The first-order valence-corrected chi connectivity index (χ1v) is 9.07. The van der Waals surface area contributed by atoms with Crippen molar-refractivity contribution in [1.29, 1.82) is 0 Å². The number of carbonyl (C=O) groups is 1. The van der Waals surface area contributed by atoms with E-state index in [1.165, 1.54) is 24.3 Å². The molecule has 1 amide bonds. The summed E-state index contributed by atoms with van der Waals surface area (Å²) in [5.74, 6) is 0.765. The van der Waals surface area contributed by atoms with Gasteiger partial charge in [-0.2, -0.15) is 0 Å². The summed E-state index contributed by atoms with van der Waals surface area (Å²) in [6.45, 7) is 0.624. The lowest BCUT2D eigenvalue weighted by Crippen LogP contribution is -2.29. The van der Waals surface area contributed by atoms with Gasteiger partial charge in [-0.25, -0.2) is 4.39 Å². The summed E-state index contributed by atoms with van der Waals surface area (Å²) < 4.78 is 24.7. The average Bonchev–Trinajstić information content (AvgIpc) is 3.16. The van der Waals surface area contributed by atoms with Gasteiger partial charge in [0.25, 0.3) is 0 Å². The highest BCUT2D eigenvalue weighted by Crippen LogP contribution is 2.39. The molecular weight excluding hydrogens is 369 g/mol. The lowest BCUT2D eigenvalue weighted by atomic mass is 10.0. The molecule has 1 unspecified atom stereocenters. The summed E-state index contributed by atoms with van der Waals surface area (Å²) in [7, 11) is 3.20. The zero-order chi connectivity index (χ0) is 19.4. The Morgan fingerprint density at radius 3 is 2.78 bits per heavy atom. The van der Waals surface area contributed by atoms with Crippen molar-refractivity contribution in [2.24, 2.45) is 0 Å². The number of benzene rings is 2. The van der Waals surface area contributed by atoms with Gasteiger partial charge in [0, 0.05) is 23.7 Å². The predicted octanol–water partition coefficient (Wildman–Crippen LogP) is 4.87. The van der Waals surface area contributed by atoms with E-state index in [9.17, 15) is 9.18 Å². The monoisotopic (exact) mass is 389 g/mol. The normalized spacial score (nSPS) is 16.7. The molecule has 0 aromatic heterocycles. The van der Waals surface area contributed by atoms with Crippen LogP contribution in [0, 0.1) is 5.82 Å². The third-order valence-electron chi connectivity index (χ3n) is 4.72. The fourth-order valence-corrected chi connectivity index (χ4v) is 3.60. The molecule has 1 heterocycles. The van der Waals surface area contributed by atoms with Gasteiger partial charge in [0.1, 0.15) is 17.3 Å². The minimum Gasteiger partial charge on any atom is -0.497 e. The molecular formula is C21H21ClFNO3. The van der Waals surface area contributed by atoms with Crippen LogP contribution in [0.3, 0.4) is 0 Å². The van der Waals surface area contributed by atoms with Crippen molar-refractivity contribution < 1.29 is 18.7 Å². The lowest BCUT2D eigenvalue weighted by molar-refractivity contribution is -0.126. The predicted molar refractivity (Wildman–Crippen MR) is 104 cm³/mol. The second kappa shape index (κ2) is 8.44. The van der Waals surface area contributed by atoms with E-state index in [1.54, 1.807) is 25.2 Å². The van der Waals surface area contributed by atoms with E-state index < -0.39 is 5.82 Å². The smallest absolute Gasteiger partial charge is 0.247 e. The largest absolute Gasteiger partial charge is 0.497 e. The van der Waals surface area contributed by atoms with Crippen molar-refractivity contribution in [2.45, 2.75) is 18.9 Å². The van der Waals surface area contributed by atoms with E-state index in [0.29, 0.717) is 18.0 Å². The molecule has 3 rings (SSSR count). The van der Waals surface area contributed by atoms with Crippen molar-refractivity contribution in [1.82, 2.24) is 4.90 Å². The highest BCUT2D eigenvalue weighted by molar-refractivity contribution is 6.32. The number of nitrogens with zero attached hydrogens (tertiary/aromatic N) is 1. The number of hydrogen-bond donors (Lipinski definition) is 0. The van der Waals surface area contributed by atoms with E-state index in [4.69, 9.17) is 21.1 Å². The average molecular weight is 390 g/mol. The Kier molecular flexibility index (Phi) is 6.01. The molecule has 1 aliphatic heterocycles. The van der Waals surface area contributed by atoms with E-state index in [-0.39, 0.29) is 22.5 Å². The Labute approximate surface area is 163 Å². The van der Waals surface area contributed by atoms with E-state index in [2.05, 4.69) is 0 Å². The van der Waals surface area contributed by atoms with Crippen molar-refractivity contribution >= 4 is 23.6 Å². The first-order chi connectivity index (χ1) is 13.0. The number of amides is 1. The number of ether oxygens (including phenoxy) is 2. The Bertz CT molecular complexity index is 848. The molecule has 1 saturated heterocycles. The van der Waals surface area contributed by atoms with Crippen LogP contribution in [-0.2, 0) is 4.79 Å². The van der Waals surface area contributed by atoms with Crippen LogP contribution in [0.2, 0.25) is 5.02 Å². The van der Waals surface area contributed by atoms with E-state index in [1.807, 2.05) is 18.2 Å². The quantitative estimate of drug-likeness (QED) is 0.684. The molecule has 6 heteroatoms. The molecule has 0 radical (unpaired) electrons. The number of hydrogen-bond acceptors (Lipinski definition) is 3. The molecule has 1 atom stereocenters. The highest BCUT2D eigenvalue weighted by Gasteiger charge is 2.31. The zero-order valence-corrected chi connectivity index (χ0v) is 16.0. The third-order valence-corrected chi connectivity index (χ3v) is 5.05. The molecule has 1 fully saturated rings. The molecule has 2 aromatic carbocycles. The molecule has 4 nitrogen and oxygen atoms in total. The standard InChI is InChI=1S/C21H21ClFNO3/c1-26-14-8-10-20(27-2)16(13-14)19-7-4-12-24(19)21(25)11-9-15-17(22)5-3-6-18(15)23/h3,5-6,8-11,13,19H,4,7,12H2,1-2H3/b11-9+. The third kappa shape index (κ3) is 4.08. The second-order valence-electron chi connectivity index (χ2n) is 6.27. The number of methoxy groups -OCH3 is 2. The van der Waals surface area contributed by atoms with Crippen LogP contribution in [0.4, 0.5) is 4.39 Å². The Hall–Kier alpha value is -2.53. The SMILES string of the molecule is COc1ccc(OC)c(C2CCCN2C(=O)/C=C/c2c(F)cccc2Cl)c1. The van der Waals surface area contributed by atoms with Crippen LogP contribution in [0.15, 0.2) is 42.5 Å². The maximum Gasteiger partial charge on any atom is 0.247 e. The molecule has 27 heavy (non-hydrogen) atoms. The molecule has 0 aliphatic carbocycles. The summed E-state index contributed by atoms with van der Waals surface area (Å²) in [6, 6.07) is 9.87. The van der Waals surface area contributed by atoms with Gasteiger partial charge in [0.05, 0.1) is 25.3 Å². The number of likely N-dealkylation sites (tertiary alicyclic amines) is 1. The summed E-state index contributed by atoms with van der Waals surface area (Å²) in [5.41, 5.74) is 1.11. The van der Waals surface area contributed by atoms with Gasteiger partial charge in [-0.05, 0) is 49.2 Å². The minimum atomic E-state index is -0.459. The van der Waals surface area contributed by atoms with Crippen molar-refractivity contribution in [3.8, 4) is 11.5 Å².